The number of carbonyl (C=O) groups excluding carboxylic acids is 1. The fraction of sp³-hybridized carbons (Fsp3) is 0.522. The molecule has 1 atom stereocenters. The van der Waals surface area contributed by atoms with Gasteiger partial charge in [-0.05, 0) is 42.3 Å². The standard InChI is InChI=1S/C23H33N3O3S/c1-18(23(2,3)4)24(5)17-22(27)25-12-14-26(15-13-25)30(28,29)21-11-10-19-8-6-7-9-20(19)16-21/h6-11,16,18H,12-15,17H2,1-5H3. The number of piperazine rings is 1. The molecule has 1 unspecified atom stereocenters. The van der Waals surface area contributed by atoms with Crippen LogP contribution in [0, 0.1) is 5.41 Å². The van der Waals surface area contributed by atoms with E-state index in [1.807, 2.05) is 37.4 Å². The molecule has 0 spiro atoms. The summed E-state index contributed by atoms with van der Waals surface area (Å²) in [6, 6.07) is 13.2. The van der Waals surface area contributed by atoms with Crippen LogP contribution >= 0.6 is 0 Å². The smallest absolute Gasteiger partial charge is 0.243 e. The van der Waals surface area contributed by atoms with E-state index in [0.717, 1.165) is 10.8 Å². The summed E-state index contributed by atoms with van der Waals surface area (Å²) in [5.74, 6) is 0.0522. The van der Waals surface area contributed by atoms with Crippen LogP contribution in [0.4, 0.5) is 0 Å². The van der Waals surface area contributed by atoms with E-state index in [2.05, 4.69) is 32.6 Å². The Hall–Kier alpha value is -1.96. The van der Waals surface area contributed by atoms with Crippen molar-refractivity contribution in [3.8, 4) is 0 Å². The largest absolute Gasteiger partial charge is 0.339 e. The molecule has 7 heteroatoms. The molecule has 0 aliphatic carbocycles. The number of benzene rings is 2. The van der Waals surface area contributed by atoms with Gasteiger partial charge in [0, 0.05) is 32.2 Å². The fourth-order valence-electron chi connectivity index (χ4n) is 3.77. The van der Waals surface area contributed by atoms with Crippen molar-refractivity contribution in [3.05, 3.63) is 42.5 Å². The van der Waals surface area contributed by atoms with Gasteiger partial charge in [-0.2, -0.15) is 4.31 Å². The summed E-state index contributed by atoms with van der Waals surface area (Å²) in [4.78, 5) is 16.9. The fourth-order valence-corrected chi connectivity index (χ4v) is 5.22. The van der Waals surface area contributed by atoms with Gasteiger partial charge < -0.3 is 4.90 Å². The Kier molecular flexibility index (Phi) is 6.55. The third-order valence-corrected chi connectivity index (χ3v) is 8.14. The van der Waals surface area contributed by atoms with Gasteiger partial charge in [0.2, 0.25) is 15.9 Å². The first-order chi connectivity index (χ1) is 14.0. The summed E-state index contributed by atoms with van der Waals surface area (Å²) < 4.78 is 27.7. The van der Waals surface area contributed by atoms with Crippen molar-refractivity contribution in [2.75, 3.05) is 39.8 Å². The summed E-state index contributed by atoms with van der Waals surface area (Å²) in [6.07, 6.45) is 0. The Bertz CT molecular complexity index is 1010. The molecule has 2 aromatic rings. The van der Waals surface area contributed by atoms with E-state index in [9.17, 15) is 13.2 Å². The Morgan fingerprint density at radius 1 is 1.03 bits per heavy atom. The quantitative estimate of drug-likeness (QED) is 0.730. The number of amides is 1. The molecule has 30 heavy (non-hydrogen) atoms. The predicted molar refractivity (Wildman–Crippen MR) is 121 cm³/mol. The van der Waals surface area contributed by atoms with E-state index in [-0.39, 0.29) is 17.4 Å². The molecule has 1 saturated heterocycles. The second-order valence-corrected chi connectivity index (χ2v) is 11.2. The van der Waals surface area contributed by atoms with Crippen molar-refractivity contribution in [1.29, 1.82) is 0 Å². The van der Waals surface area contributed by atoms with E-state index >= 15 is 0 Å². The highest BCUT2D eigenvalue weighted by Gasteiger charge is 2.31. The number of hydrogen-bond acceptors (Lipinski definition) is 4. The third-order valence-electron chi connectivity index (χ3n) is 6.25. The summed E-state index contributed by atoms with van der Waals surface area (Å²) in [6.45, 7) is 10.4. The maximum absolute atomic E-state index is 13.1. The molecular weight excluding hydrogens is 398 g/mol. The molecule has 0 bridgehead atoms. The monoisotopic (exact) mass is 431 g/mol. The van der Waals surface area contributed by atoms with Gasteiger partial charge in [-0.1, -0.05) is 51.1 Å². The molecule has 1 aliphatic rings. The van der Waals surface area contributed by atoms with E-state index in [4.69, 9.17) is 0 Å². The molecule has 0 saturated carbocycles. The minimum atomic E-state index is -3.57. The van der Waals surface area contributed by atoms with E-state index in [1.54, 1.807) is 17.0 Å². The number of carbonyl (C=O) groups is 1. The van der Waals surface area contributed by atoms with Gasteiger partial charge in [0.25, 0.3) is 0 Å². The Morgan fingerprint density at radius 3 is 2.23 bits per heavy atom. The number of likely N-dealkylation sites (N-methyl/N-ethyl adjacent to an activating group) is 1. The second-order valence-electron chi connectivity index (χ2n) is 9.25. The molecule has 3 rings (SSSR count). The highest BCUT2D eigenvalue weighted by atomic mass is 32.2. The number of rotatable bonds is 5. The minimum absolute atomic E-state index is 0.0522. The van der Waals surface area contributed by atoms with Gasteiger partial charge in [0.05, 0.1) is 11.4 Å². The van der Waals surface area contributed by atoms with Crippen LogP contribution in [0.5, 0.6) is 0 Å². The molecule has 1 fully saturated rings. The van der Waals surface area contributed by atoms with Crippen LogP contribution in [0.15, 0.2) is 47.4 Å². The van der Waals surface area contributed by atoms with Gasteiger partial charge in [0.15, 0.2) is 0 Å². The van der Waals surface area contributed by atoms with Crippen molar-refractivity contribution in [1.82, 2.24) is 14.1 Å². The first-order valence-electron chi connectivity index (χ1n) is 10.5. The van der Waals surface area contributed by atoms with Crippen LogP contribution in [0.1, 0.15) is 27.7 Å². The van der Waals surface area contributed by atoms with Gasteiger partial charge in [-0.3, -0.25) is 9.69 Å². The lowest BCUT2D eigenvalue weighted by molar-refractivity contribution is -0.134. The summed E-state index contributed by atoms with van der Waals surface area (Å²) in [7, 11) is -1.61. The first kappa shape index (κ1) is 22.7. The molecular formula is C23H33N3O3S. The maximum atomic E-state index is 13.1. The number of hydrogen-bond donors (Lipinski definition) is 0. The van der Waals surface area contributed by atoms with Crippen molar-refractivity contribution in [2.45, 2.75) is 38.6 Å². The second kappa shape index (κ2) is 8.65. The van der Waals surface area contributed by atoms with Crippen LogP contribution in [-0.4, -0.2) is 74.2 Å². The van der Waals surface area contributed by atoms with Crippen LogP contribution in [0.2, 0.25) is 0 Å². The van der Waals surface area contributed by atoms with Crippen LogP contribution < -0.4 is 0 Å². The normalized spacial score (nSPS) is 17.5. The highest BCUT2D eigenvalue weighted by Crippen LogP contribution is 2.24. The molecule has 1 heterocycles. The van der Waals surface area contributed by atoms with Gasteiger partial charge >= 0.3 is 0 Å². The molecule has 164 valence electrons. The molecule has 6 nitrogen and oxygen atoms in total. The Balaban J connectivity index is 1.63. The van der Waals surface area contributed by atoms with Crippen LogP contribution in [0.3, 0.4) is 0 Å². The highest BCUT2D eigenvalue weighted by molar-refractivity contribution is 7.89. The zero-order valence-electron chi connectivity index (χ0n) is 18.6. The number of nitrogens with zero attached hydrogens (tertiary/aromatic N) is 3. The number of sulfonamides is 1. The Labute approximate surface area is 180 Å². The lowest BCUT2D eigenvalue weighted by Crippen LogP contribution is -2.53. The lowest BCUT2D eigenvalue weighted by Gasteiger charge is -2.38. The molecule has 1 amide bonds. The summed E-state index contributed by atoms with van der Waals surface area (Å²) in [5, 5.41) is 1.92. The average molecular weight is 432 g/mol. The van der Waals surface area contributed by atoms with Gasteiger partial charge in [-0.25, -0.2) is 8.42 Å². The topological polar surface area (TPSA) is 60.9 Å². The predicted octanol–water partition coefficient (Wildman–Crippen LogP) is 3.04. The van der Waals surface area contributed by atoms with Gasteiger partial charge in [-0.15, -0.1) is 0 Å². The molecule has 2 aromatic carbocycles. The maximum Gasteiger partial charge on any atom is 0.243 e. The van der Waals surface area contributed by atoms with E-state index in [1.165, 1.54) is 4.31 Å². The Morgan fingerprint density at radius 2 is 1.63 bits per heavy atom. The van der Waals surface area contributed by atoms with Crippen LogP contribution in [-0.2, 0) is 14.8 Å². The van der Waals surface area contributed by atoms with Crippen molar-refractivity contribution in [3.63, 3.8) is 0 Å². The van der Waals surface area contributed by atoms with E-state index < -0.39 is 10.0 Å². The molecule has 0 N–H and O–H groups in total. The van der Waals surface area contributed by atoms with Crippen molar-refractivity contribution < 1.29 is 13.2 Å². The minimum Gasteiger partial charge on any atom is -0.339 e. The third kappa shape index (κ3) is 4.85. The zero-order chi connectivity index (χ0) is 22.1. The molecule has 0 radical (unpaired) electrons. The van der Waals surface area contributed by atoms with Crippen molar-refractivity contribution in [2.24, 2.45) is 5.41 Å². The summed E-state index contributed by atoms with van der Waals surface area (Å²) >= 11 is 0. The van der Waals surface area contributed by atoms with E-state index in [0.29, 0.717) is 37.6 Å². The average Bonchev–Trinajstić information content (AvgIpc) is 2.72. The molecule has 1 aliphatic heterocycles. The zero-order valence-corrected chi connectivity index (χ0v) is 19.4. The molecule has 0 aromatic heterocycles. The summed E-state index contributed by atoms with van der Waals surface area (Å²) in [5.41, 5.74) is 0.0850. The lowest BCUT2D eigenvalue weighted by atomic mass is 9.87. The van der Waals surface area contributed by atoms with Crippen molar-refractivity contribution >= 4 is 26.7 Å². The number of fused-ring (bicyclic) bond motifs is 1. The first-order valence-corrected chi connectivity index (χ1v) is 11.9. The van der Waals surface area contributed by atoms with Crippen LogP contribution in [0.25, 0.3) is 10.8 Å². The SMILES string of the molecule is CC(N(C)CC(=O)N1CCN(S(=O)(=O)c2ccc3ccccc3c2)CC1)C(C)(C)C. The van der Waals surface area contributed by atoms with Gasteiger partial charge in [0.1, 0.15) is 0 Å².